The third kappa shape index (κ3) is 7.63. The topological polar surface area (TPSA) is 67.6 Å². The van der Waals surface area contributed by atoms with Crippen molar-refractivity contribution < 1.29 is 9.53 Å². The quantitative estimate of drug-likeness (QED) is 0.631. The molecule has 0 spiro atoms. The highest BCUT2D eigenvalue weighted by Gasteiger charge is 2.21. The third-order valence-electron chi connectivity index (χ3n) is 2.84. The Morgan fingerprint density at radius 1 is 1.50 bits per heavy atom. The normalized spacial score (nSPS) is 13.7. The molecule has 0 aliphatic carbocycles. The molecule has 0 aliphatic heterocycles. The second-order valence-corrected chi connectivity index (χ2v) is 5.60. The summed E-state index contributed by atoms with van der Waals surface area (Å²) in [5.74, 6) is 0.0363. The molecule has 0 rings (SSSR count). The number of likely N-dealkylation sites (N-methyl/N-ethyl adjacent to an activating group) is 1. The molecule has 0 radical (unpaired) electrons. The van der Waals surface area contributed by atoms with E-state index in [1.165, 1.54) is 0 Å². The van der Waals surface area contributed by atoms with E-state index in [0.717, 1.165) is 13.1 Å². The van der Waals surface area contributed by atoms with Crippen LogP contribution in [0.3, 0.4) is 0 Å². The molecule has 108 valence electrons. The van der Waals surface area contributed by atoms with Gasteiger partial charge in [-0.3, -0.25) is 9.69 Å². The number of rotatable bonds is 9. The van der Waals surface area contributed by atoms with Crippen molar-refractivity contribution in [1.29, 1.82) is 0 Å². The summed E-state index contributed by atoms with van der Waals surface area (Å²) in [6, 6.07) is 0.0451. The summed E-state index contributed by atoms with van der Waals surface area (Å²) in [5.41, 5.74) is 5.75. The number of carbonyl (C=O) groups excluding carboxylic acids is 1. The Labute approximate surface area is 111 Å². The summed E-state index contributed by atoms with van der Waals surface area (Å²) in [6.45, 7) is 11.4. The fourth-order valence-electron chi connectivity index (χ4n) is 1.76. The van der Waals surface area contributed by atoms with Crippen LogP contribution in [-0.2, 0) is 9.53 Å². The lowest BCUT2D eigenvalue weighted by Crippen LogP contribution is -2.46. The first-order valence-corrected chi connectivity index (χ1v) is 6.55. The molecule has 0 saturated carbocycles. The number of ether oxygens (including phenoxy) is 1. The van der Waals surface area contributed by atoms with Crippen LogP contribution < -0.4 is 11.1 Å². The Morgan fingerprint density at radius 3 is 2.56 bits per heavy atom. The number of amides is 1. The van der Waals surface area contributed by atoms with Crippen LogP contribution in [0.1, 0.15) is 27.7 Å². The Bertz CT molecular complexity index is 244. The van der Waals surface area contributed by atoms with Crippen LogP contribution in [0.15, 0.2) is 0 Å². The third-order valence-corrected chi connectivity index (χ3v) is 2.84. The molecule has 0 aromatic rings. The summed E-state index contributed by atoms with van der Waals surface area (Å²) in [7, 11) is 1.63. The van der Waals surface area contributed by atoms with Gasteiger partial charge in [0, 0.05) is 19.7 Å². The van der Waals surface area contributed by atoms with Crippen molar-refractivity contribution in [3.05, 3.63) is 0 Å². The van der Waals surface area contributed by atoms with Crippen molar-refractivity contribution in [2.24, 2.45) is 11.1 Å². The molecule has 0 bridgehead atoms. The Kier molecular flexibility index (Phi) is 8.15. The summed E-state index contributed by atoms with van der Waals surface area (Å²) in [4.78, 5) is 13.9. The van der Waals surface area contributed by atoms with E-state index in [1.807, 2.05) is 6.92 Å². The van der Waals surface area contributed by atoms with Crippen LogP contribution in [0.25, 0.3) is 0 Å². The van der Waals surface area contributed by atoms with Crippen LogP contribution in [-0.4, -0.2) is 56.7 Å². The van der Waals surface area contributed by atoms with Gasteiger partial charge in [0.1, 0.15) is 0 Å². The Balaban J connectivity index is 4.16. The van der Waals surface area contributed by atoms with Crippen LogP contribution in [0.2, 0.25) is 0 Å². The number of nitrogens with one attached hydrogen (secondary N) is 1. The first-order valence-electron chi connectivity index (χ1n) is 6.55. The minimum Gasteiger partial charge on any atom is -0.383 e. The summed E-state index contributed by atoms with van der Waals surface area (Å²) in [5, 5.41) is 2.91. The molecule has 0 heterocycles. The van der Waals surface area contributed by atoms with Gasteiger partial charge in [0.25, 0.3) is 0 Å². The van der Waals surface area contributed by atoms with Gasteiger partial charge >= 0.3 is 0 Å². The molecule has 3 N–H and O–H groups in total. The fraction of sp³-hybridized carbons (Fsp3) is 0.923. The average molecular weight is 259 g/mol. The molecule has 0 saturated heterocycles. The lowest BCUT2D eigenvalue weighted by molar-refractivity contribution is -0.123. The summed E-state index contributed by atoms with van der Waals surface area (Å²) in [6.07, 6.45) is 0. The van der Waals surface area contributed by atoms with E-state index in [-0.39, 0.29) is 17.4 Å². The van der Waals surface area contributed by atoms with E-state index in [9.17, 15) is 4.79 Å². The van der Waals surface area contributed by atoms with Crippen LogP contribution in [0, 0.1) is 5.41 Å². The lowest BCUT2D eigenvalue weighted by atomic mass is 9.93. The van der Waals surface area contributed by atoms with E-state index in [1.54, 1.807) is 7.11 Å². The van der Waals surface area contributed by atoms with E-state index in [2.05, 4.69) is 31.0 Å². The molecular weight excluding hydrogens is 230 g/mol. The van der Waals surface area contributed by atoms with E-state index < -0.39 is 0 Å². The highest BCUT2D eigenvalue weighted by molar-refractivity contribution is 5.78. The number of nitrogens with zero attached hydrogens (tertiary/aromatic N) is 1. The minimum atomic E-state index is 0.0361. The summed E-state index contributed by atoms with van der Waals surface area (Å²) >= 11 is 0. The molecule has 5 heteroatoms. The van der Waals surface area contributed by atoms with Crippen molar-refractivity contribution in [3.8, 4) is 0 Å². The SMILES string of the molecule is CCN(CC(=O)NC(C)COC)CC(C)(C)CN. The zero-order valence-electron chi connectivity index (χ0n) is 12.5. The van der Waals surface area contributed by atoms with Gasteiger partial charge < -0.3 is 15.8 Å². The molecule has 0 aliphatic rings. The maximum atomic E-state index is 11.8. The number of methoxy groups -OCH3 is 1. The van der Waals surface area contributed by atoms with Gasteiger partial charge in [-0.15, -0.1) is 0 Å². The summed E-state index contributed by atoms with van der Waals surface area (Å²) < 4.78 is 4.99. The molecule has 5 nitrogen and oxygen atoms in total. The largest absolute Gasteiger partial charge is 0.383 e. The highest BCUT2D eigenvalue weighted by atomic mass is 16.5. The maximum absolute atomic E-state index is 11.8. The first-order chi connectivity index (χ1) is 8.34. The Morgan fingerprint density at radius 2 is 2.11 bits per heavy atom. The van der Waals surface area contributed by atoms with Crippen LogP contribution in [0.4, 0.5) is 0 Å². The molecule has 0 aromatic heterocycles. The van der Waals surface area contributed by atoms with Crippen molar-refractivity contribution >= 4 is 5.91 Å². The van der Waals surface area contributed by atoms with Gasteiger partial charge in [0.15, 0.2) is 0 Å². The monoisotopic (exact) mass is 259 g/mol. The van der Waals surface area contributed by atoms with Gasteiger partial charge in [0.05, 0.1) is 13.2 Å². The van der Waals surface area contributed by atoms with Crippen molar-refractivity contribution in [2.75, 3.05) is 39.9 Å². The molecule has 1 unspecified atom stereocenters. The van der Waals surface area contributed by atoms with Crippen LogP contribution in [0.5, 0.6) is 0 Å². The number of nitrogens with two attached hydrogens (primary N) is 1. The van der Waals surface area contributed by atoms with Crippen molar-refractivity contribution in [3.63, 3.8) is 0 Å². The molecule has 1 atom stereocenters. The lowest BCUT2D eigenvalue weighted by Gasteiger charge is -2.30. The zero-order valence-corrected chi connectivity index (χ0v) is 12.5. The predicted molar refractivity (Wildman–Crippen MR) is 74.4 cm³/mol. The Hall–Kier alpha value is -0.650. The zero-order chi connectivity index (χ0) is 14.2. The number of hydrogen-bond donors (Lipinski definition) is 2. The second-order valence-electron chi connectivity index (χ2n) is 5.60. The molecule has 0 aromatic carbocycles. The highest BCUT2D eigenvalue weighted by Crippen LogP contribution is 2.14. The predicted octanol–water partition coefficient (Wildman–Crippen LogP) is 0.444. The number of hydrogen-bond acceptors (Lipinski definition) is 4. The maximum Gasteiger partial charge on any atom is 0.234 e. The molecule has 18 heavy (non-hydrogen) atoms. The van der Waals surface area contributed by atoms with Gasteiger partial charge in [0.2, 0.25) is 5.91 Å². The molecule has 1 amide bonds. The van der Waals surface area contributed by atoms with E-state index >= 15 is 0 Å². The molecular formula is C13H29N3O2. The smallest absolute Gasteiger partial charge is 0.234 e. The van der Waals surface area contributed by atoms with Gasteiger partial charge in [-0.2, -0.15) is 0 Å². The second kappa shape index (κ2) is 8.45. The van der Waals surface area contributed by atoms with E-state index in [0.29, 0.717) is 19.7 Å². The molecule has 0 fully saturated rings. The van der Waals surface area contributed by atoms with Crippen molar-refractivity contribution in [2.45, 2.75) is 33.7 Å². The average Bonchev–Trinajstić information content (AvgIpc) is 2.27. The van der Waals surface area contributed by atoms with Gasteiger partial charge in [-0.05, 0) is 25.4 Å². The first kappa shape index (κ1) is 17.4. The van der Waals surface area contributed by atoms with Gasteiger partial charge in [-0.25, -0.2) is 0 Å². The van der Waals surface area contributed by atoms with E-state index in [4.69, 9.17) is 10.5 Å². The minimum absolute atomic E-state index is 0.0361. The standard InChI is InChI=1S/C13H29N3O2/c1-6-16(10-13(3,4)9-14)7-12(17)15-11(2)8-18-5/h11H,6-10,14H2,1-5H3,(H,15,17). The van der Waals surface area contributed by atoms with Gasteiger partial charge in [-0.1, -0.05) is 20.8 Å². The number of carbonyl (C=O) groups is 1. The van der Waals surface area contributed by atoms with Crippen molar-refractivity contribution in [1.82, 2.24) is 10.2 Å². The van der Waals surface area contributed by atoms with Crippen LogP contribution >= 0.6 is 0 Å². The fourth-order valence-corrected chi connectivity index (χ4v) is 1.76.